The van der Waals surface area contributed by atoms with Crippen molar-refractivity contribution in [2.24, 2.45) is 0 Å². The number of nitrogens with zero attached hydrogens (tertiary/aromatic N) is 1. The Balaban J connectivity index is 2.43. The number of carbonyl (C=O) groups is 2. The van der Waals surface area contributed by atoms with Gasteiger partial charge in [0.2, 0.25) is 0 Å². The van der Waals surface area contributed by atoms with Gasteiger partial charge < -0.3 is 20.6 Å². The second-order valence-electron chi connectivity index (χ2n) is 4.87. The van der Waals surface area contributed by atoms with Gasteiger partial charge in [-0.05, 0) is 37.6 Å². The van der Waals surface area contributed by atoms with Crippen molar-refractivity contribution in [2.45, 2.75) is 25.8 Å². The molecule has 1 aromatic rings. The minimum atomic E-state index is -0.863. The molecule has 0 radical (unpaired) electrons. The lowest BCUT2D eigenvalue weighted by atomic mass is 10.2. The van der Waals surface area contributed by atoms with Crippen molar-refractivity contribution in [3.05, 3.63) is 24.3 Å². The summed E-state index contributed by atoms with van der Waals surface area (Å²) >= 11 is 0. The van der Waals surface area contributed by atoms with Crippen LogP contribution in [0.4, 0.5) is 16.2 Å². The number of aliphatic carboxylic acids is 1. The third kappa shape index (κ3) is 5.60. The summed E-state index contributed by atoms with van der Waals surface area (Å²) in [5.74, 6) is -0.863. The summed E-state index contributed by atoms with van der Waals surface area (Å²) in [5.41, 5.74) is 1.74. The van der Waals surface area contributed by atoms with Crippen molar-refractivity contribution >= 4 is 23.4 Å². The van der Waals surface area contributed by atoms with Gasteiger partial charge in [0, 0.05) is 37.9 Å². The fourth-order valence-electron chi connectivity index (χ4n) is 1.65. The van der Waals surface area contributed by atoms with Crippen molar-refractivity contribution < 1.29 is 14.7 Å². The number of hydrogen-bond acceptors (Lipinski definition) is 3. The van der Waals surface area contributed by atoms with Gasteiger partial charge in [-0.3, -0.25) is 4.79 Å². The highest BCUT2D eigenvalue weighted by atomic mass is 16.4. The van der Waals surface area contributed by atoms with E-state index in [-0.39, 0.29) is 18.5 Å². The Kier molecular flexibility index (Phi) is 5.83. The largest absolute Gasteiger partial charge is 0.481 e. The molecule has 1 unspecified atom stereocenters. The molecule has 20 heavy (non-hydrogen) atoms. The number of urea groups is 1. The highest BCUT2D eigenvalue weighted by molar-refractivity contribution is 5.89. The molecule has 6 heteroatoms. The number of hydrogen-bond donors (Lipinski definition) is 3. The van der Waals surface area contributed by atoms with Crippen LogP contribution in [-0.4, -0.2) is 37.2 Å². The molecule has 0 aliphatic heterocycles. The molecule has 0 heterocycles. The molecule has 1 rings (SSSR count). The maximum atomic E-state index is 11.7. The molecule has 0 saturated carbocycles. The van der Waals surface area contributed by atoms with Crippen LogP contribution < -0.4 is 15.5 Å². The molecule has 0 aliphatic carbocycles. The predicted octanol–water partition coefficient (Wildman–Crippen LogP) is 2.13. The SMILES string of the molecule is CC(CCC(=O)O)NC(=O)Nc1ccc(N(C)C)cc1. The summed E-state index contributed by atoms with van der Waals surface area (Å²) in [6, 6.07) is 6.92. The zero-order valence-corrected chi connectivity index (χ0v) is 12.0. The average molecular weight is 279 g/mol. The summed E-state index contributed by atoms with van der Waals surface area (Å²) in [6.07, 6.45) is 0.446. The molecule has 1 aromatic carbocycles. The fraction of sp³-hybridized carbons (Fsp3) is 0.429. The number of carboxylic acid groups (broad SMARTS) is 1. The maximum absolute atomic E-state index is 11.7. The highest BCUT2D eigenvalue weighted by Gasteiger charge is 2.09. The van der Waals surface area contributed by atoms with Crippen molar-refractivity contribution in [3.8, 4) is 0 Å². The summed E-state index contributed by atoms with van der Waals surface area (Å²) in [6.45, 7) is 1.78. The molecule has 1 atom stereocenters. The number of anilines is 2. The third-order valence-electron chi connectivity index (χ3n) is 2.81. The van der Waals surface area contributed by atoms with E-state index in [2.05, 4.69) is 10.6 Å². The number of carboxylic acids is 1. The number of carbonyl (C=O) groups excluding carboxylic acids is 1. The first kappa shape index (κ1) is 15.8. The molecule has 2 amide bonds. The van der Waals surface area contributed by atoms with E-state index in [4.69, 9.17) is 5.11 Å². The highest BCUT2D eigenvalue weighted by Crippen LogP contribution is 2.15. The van der Waals surface area contributed by atoms with Crippen LogP contribution in [0.5, 0.6) is 0 Å². The summed E-state index contributed by atoms with van der Waals surface area (Å²) in [5, 5.41) is 14.0. The molecule has 110 valence electrons. The minimum absolute atomic E-state index is 0.0407. The van der Waals surface area contributed by atoms with Gasteiger partial charge in [-0.1, -0.05) is 0 Å². The number of amides is 2. The van der Waals surface area contributed by atoms with Gasteiger partial charge >= 0.3 is 12.0 Å². The summed E-state index contributed by atoms with van der Waals surface area (Å²) in [4.78, 5) is 24.1. The van der Waals surface area contributed by atoms with Crippen LogP contribution in [0, 0.1) is 0 Å². The second kappa shape index (κ2) is 7.37. The first-order valence-corrected chi connectivity index (χ1v) is 6.45. The lowest BCUT2D eigenvalue weighted by Crippen LogP contribution is -2.36. The average Bonchev–Trinajstić information content (AvgIpc) is 2.36. The monoisotopic (exact) mass is 279 g/mol. The Bertz CT molecular complexity index is 457. The van der Waals surface area contributed by atoms with E-state index < -0.39 is 5.97 Å². The van der Waals surface area contributed by atoms with Crippen LogP contribution in [0.3, 0.4) is 0 Å². The molecule has 0 bridgehead atoms. The standard InChI is InChI=1S/C14H21N3O3/c1-10(4-9-13(18)19)15-14(20)16-11-5-7-12(8-6-11)17(2)3/h5-8,10H,4,9H2,1-3H3,(H,18,19)(H2,15,16,20). The Hall–Kier alpha value is -2.24. The van der Waals surface area contributed by atoms with Crippen LogP contribution >= 0.6 is 0 Å². The van der Waals surface area contributed by atoms with Crippen molar-refractivity contribution in [3.63, 3.8) is 0 Å². The number of benzene rings is 1. The first-order valence-electron chi connectivity index (χ1n) is 6.45. The maximum Gasteiger partial charge on any atom is 0.319 e. The first-order chi connectivity index (χ1) is 9.38. The van der Waals surface area contributed by atoms with Gasteiger partial charge in [0.1, 0.15) is 0 Å². The van der Waals surface area contributed by atoms with Crippen LogP contribution in [0.25, 0.3) is 0 Å². The van der Waals surface area contributed by atoms with Crippen molar-refractivity contribution in [1.29, 1.82) is 0 Å². The topological polar surface area (TPSA) is 81.7 Å². The molecule has 6 nitrogen and oxygen atoms in total. The van der Waals surface area contributed by atoms with Crippen molar-refractivity contribution in [2.75, 3.05) is 24.3 Å². The third-order valence-corrected chi connectivity index (χ3v) is 2.81. The normalized spacial score (nSPS) is 11.6. The molecule has 0 spiro atoms. The minimum Gasteiger partial charge on any atom is -0.481 e. The number of rotatable bonds is 6. The summed E-state index contributed by atoms with van der Waals surface area (Å²) < 4.78 is 0. The Morgan fingerprint density at radius 1 is 1.25 bits per heavy atom. The van der Waals surface area contributed by atoms with Crippen LogP contribution in [0.15, 0.2) is 24.3 Å². The van der Waals surface area contributed by atoms with Gasteiger partial charge in [-0.2, -0.15) is 0 Å². The van der Waals surface area contributed by atoms with Gasteiger partial charge in [0.05, 0.1) is 0 Å². The molecule has 0 saturated heterocycles. The van der Waals surface area contributed by atoms with E-state index in [0.29, 0.717) is 12.1 Å². The van der Waals surface area contributed by atoms with Gasteiger partial charge in [0.25, 0.3) is 0 Å². The van der Waals surface area contributed by atoms with E-state index in [1.165, 1.54) is 0 Å². The van der Waals surface area contributed by atoms with Crippen LogP contribution in [0.1, 0.15) is 19.8 Å². The smallest absolute Gasteiger partial charge is 0.319 e. The molecule has 0 aliphatic rings. The van der Waals surface area contributed by atoms with Crippen molar-refractivity contribution in [1.82, 2.24) is 5.32 Å². The Morgan fingerprint density at radius 2 is 1.85 bits per heavy atom. The fourth-order valence-corrected chi connectivity index (χ4v) is 1.65. The lowest BCUT2D eigenvalue weighted by molar-refractivity contribution is -0.137. The Labute approximate surface area is 118 Å². The molecular weight excluding hydrogens is 258 g/mol. The van der Waals surface area contributed by atoms with Gasteiger partial charge in [0.15, 0.2) is 0 Å². The zero-order chi connectivity index (χ0) is 15.1. The zero-order valence-electron chi connectivity index (χ0n) is 12.0. The van der Waals surface area contributed by atoms with E-state index in [0.717, 1.165) is 5.69 Å². The van der Waals surface area contributed by atoms with Crippen LogP contribution in [0.2, 0.25) is 0 Å². The Morgan fingerprint density at radius 3 is 2.35 bits per heavy atom. The molecule has 0 fully saturated rings. The van der Waals surface area contributed by atoms with E-state index in [1.54, 1.807) is 6.92 Å². The number of nitrogens with one attached hydrogen (secondary N) is 2. The molecule has 0 aromatic heterocycles. The predicted molar refractivity (Wildman–Crippen MR) is 79.3 cm³/mol. The second-order valence-corrected chi connectivity index (χ2v) is 4.87. The van der Waals surface area contributed by atoms with E-state index in [9.17, 15) is 9.59 Å². The molecular formula is C14H21N3O3. The quantitative estimate of drug-likeness (QED) is 0.745. The summed E-state index contributed by atoms with van der Waals surface area (Å²) in [7, 11) is 3.89. The van der Waals surface area contributed by atoms with E-state index >= 15 is 0 Å². The van der Waals surface area contributed by atoms with E-state index in [1.807, 2.05) is 43.3 Å². The van der Waals surface area contributed by atoms with Crippen LogP contribution in [-0.2, 0) is 4.79 Å². The lowest BCUT2D eigenvalue weighted by Gasteiger charge is -2.15. The van der Waals surface area contributed by atoms with Gasteiger partial charge in [-0.25, -0.2) is 4.79 Å². The van der Waals surface area contributed by atoms with Gasteiger partial charge in [-0.15, -0.1) is 0 Å². The molecule has 3 N–H and O–H groups in total.